The highest BCUT2D eigenvalue weighted by Gasteiger charge is 2.24. The molecule has 1 unspecified atom stereocenters. The van der Waals surface area contributed by atoms with E-state index in [1.54, 1.807) is 24.0 Å². The molecule has 4 heteroatoms. The molecule has 0 aliphatic carbocycles. The summed E-state index contributed by atoms with van der Waals surface area (Å²) in [5.41, 5.74) is 1.18. The SMILES string of the molecule is Cc1cc(C(O)CCC(=O)N2CC2)ccc1F. The Morgan fingerprint density at radius 3 is 2.82 bits per heavy atom. The lowest BCUT2D eigenvalue weighted by Crippen LogP contribution is -2.11. The third-order valence-electron chi connectivity index (χ3n) is 3.00. The molecule has 1 aliphatic rings. The van der Waals surface area contributed by atoms with E-state index < -0.39 is 6.10 Å². The standard InChI is InChI=1S/C13H16FNO2/c1-9-8-10(2-3-11(9)14)12(16)4-5-13(17)15-6-7-15/h2-3,8,12,16H,4-7H2,1H3. The van der Waals surface area contributed by atoms with Gasteiger partial charge in [-0.05, 0) is 30.5 Å². The van der Waals surface area contributed by atoms with Gasteiger partial charge in [-0.2, -0.15) is 0 Å². The summed E-state index contributed by atoms with van der Waals surface area (Å²) in [5.74, 6) is -0.191. The maximum absolute atomic E-state index is 13.0. The van der Waals surface area contributed by atoms with E-state index in [4.69, 9.17) is 0 Å². The van der Waals surface area contributed by atoms with E-state index >= 15 is 0 Å². The van der Waals surface area contributed by atoms with E-state index in [-0.39, 0.29) is 11.7 Å². The van der Waals surface area contributed by atoms with Crippen molar-refractivity contribution in [3.05, 3.63) is 35.1 Å². The zero-order chi connectivity index (χ0) is 12.4. The molecule has 0 spiro atoms. The molecule has 0 saturated carbocycles. The van der Waals surface area contributed by atoms with Crippen molar-refractivity contribution in [1.82, 2.24) is 4.90 Å². The summed E-state index contributed by atoms with van der Waals surface area (Å²) >= 11 is 0. The number of rotatable bonds is 4. The monoisotopic (exact) mass is 237 g/mol. The molecule has 1 fully saturated rings. The minimum absolute atomic E-state index is 0.0860. The van der Waals surface area contributed by atoms with Crippen molar-refractivity contribution < 1.29 is 14.3 Å². The summed E-state index contributed by atoms with van der Waals surface area (Å²) in [7, 11) is 0. The minimum atomic E-state index is -0.696. The van der Waals surface area contributed by atoms with Crippen LogP contribution in [0.25, 0.3) is 0 Å². The Hall–Kier alpha value is -1.42. The van der Waals surface area contributed by atoms with Gasteiger partial charge in [-0.3, -0.25) is 4.79 Å². The van der Waals surface area contributed by atoms with E-state index in [1.165, 1.54) is 6.07 Å². The first kappa shape index (κ1) is 12.0. The normalized spacial score (nSPS) is 15.8. The van der Waals surface area contributed by atoms with Crippen LogP contribution in [0, 0.1) is 12.7 Å². The predicted octanol–water partition coefficient (Wildman–Crippen LogP) is 1.79. The average Bonchev–Trinajstić information content (AvgIpc) is 3.13. The van der Waals surface area contributed by atoms with Gasteiger partial charge in [0.15, 0.2) is 0 Å². The Kier molecular flexibility index (Phi) is 3.43. The highest BCUT2D eigenvalue weighted by Crippen LogP contribution is 2.21. The number of aryl methyl sites for hydroxylation is 1. The maximum Gasteiger partial charge on any atom is 0.222 e. The second-order valence-electron chi connectivity index (χ2n) is 4.44. The van der Waals surface area contributed by atoms with Crippen LogP contribution >= 0.6 is 0 Å². The van der Waals surface area contributed by atoms with Gasteiger partial charge < -0.3 is 10.0 Å². The minimum Gasteiger partial charge on any atom is -0.388 e. The van der Waals surface area contributed by atoms with E-state index in [0.717, 1.165) is 13.1 Å². The topological polar surface area (TPSA) is 40.3 Å². The van der Waals surface area contributed by atoms with Gasteiger partial charge in [-0.15, -0.1) is 0 Å². The van der Waals surface area contributed by atoms with Crippen LogP contribution < -0.4 is 0 Å². The Labute approximate surface area is 99.9 Å². The number of aliphatic hydroxyl groups excluding tert-OH is 1. The molecule has 0 radical (unpaired) electrons. The van der Waals surface area contributed by atoms with E-state index in [1.807, 2.05) is 0 Å². The van der Waals surface area contributed by atoms with Crippen molar-refractivity contribution in [2.75, 3.05) is 13.1 Å². The smallest absolute Gasteiger partial charge is 0.222 e. The van der Waals surface area contributed by atoms with Crippen molar-refractivity contribution in [2.24, 2.45) is 0 Å². The van der Waals surface area contributed by atoms with Crippen LogP contribution in [0.15, 0.2) is 18.2 Å². The fourth-order valence-electron chi connectivity index (χ4n) is 1.76. The first-order chi connectivity index (χ1) is 8.08. The molecule has 1 N–H and O–H groups in total. The molecule has 1 amide bonds. The van der Waals surface area contributed by atoms with Crippen molar-refractivity contribution >= 4 is 5.91 Å². The van der Waals surface area contributed by atoms with E-state index in [2.05, 4.69) is 0 Å². The van der Waals surface area contributed by atoms with Crippen LogP contribution in [0.5, 0.6) is 0 Å². The Balaban J connectivity index is 1.91. The molecule has 0 bridgehead atoms. The zero-order valence-corrected chi connectivity index (χ0v) is 9.82. The van der Waals surface area contributed by atoms with E-state index in [0.29, 0.717) is 24.0 Å². The largest absolute Gasteiger partial charge is 0.388 e. The van der Waals surface area contributed by atoms with Crippen LogP contribution in [0.4, 0.5) is 4.39 Å². The van der Waals surface area contributed by atoms with E-state index in [9.17, 15) is 14.3 Å². The highest BCUT2D eigenvalue weighted by molar-refractivity contribution is 5.78. The molecule has 3 nitrogen and oxygen atoms in total. The zero-order valence-electron chi connectivity index (χ0n) is 9.82. The molecule has 2 rings (SSSR count). The first-order valence-corrected chi connectivity index (χ1v) is 5.80. The molecular formula is C13H16FNO2. The van der Waals surface area contributed by atoms with Crippen molar-refractivity contribution in [3.8, 4) is 0 Å². The number of hydrogen-bond donors (Lipinski definition) is 1. The molecule has 1 aromatic rings. The Morgan fingerprint density at radius 1 is 1.53 bits per heavy atom. The lowest BCUT2D eigenvalue weighted by atomic mass is 10.0. The van der Waals surface area contributed by atoms with Gasteiger partial charge in [0.1, 0.15) is 5.82 Å². The summed E-state index contributed by atoms with van der Waals surface area (Å²) in [6, 6.07) is 4.54. The fraction of sp³-hybridized carbons (Fsp3) is 0.462. The lowest BCUT2D eigenvalue weighted by molar-refractivity contribution is -0.126. The average molecular weight is 237 g/mol. The number of carbonyl (C=O) groups excluding carboxylic acids is 1. The van der Waals surface area contributed by atoms with Crippen LogP contribution in [0.3, 0.4) is 0 Å². The fourth-order valence-corrected chi connectivity index (χ4v) is 1.76. The highest BCUT2D eigenvalue weighted by atomic mass is 19.1. The molecule has 1 saturated heterocycles. The third-order valence-corrected chi connectivity index (χ3v) is 3.00. The summed E-state index contributed by atoms with van der Waals surface area (Å²) in [5, 5.41) is 9.89. The Bertz CT molecular complexity index is 429. The molecule has 17 heavy (non-hydrogen) atoms. The van der Waals surface area contributed by atoms with Gasteiger partial charge in [-0.1, -0.05) is 12.1 Å². The van der Waals surface area contributed by atoms with Gasteiger partial charge in [0, 0.05) is 19.5 Å². The first-order valence-electron chi connectivity index (χ1n) is 5.80. The summed E-state index contributed by atoms with van der Waals surface area (Å²) in [4.78, 5) is 13.2. The van der Waals surface area contributed by atoms with Crippen LogP contribution in [0.1, 0.15) is 30.1 Å². The second-order valence-corrected chi connectivity index (χ2v) is 4.44. The van der Waals surface area contributed by atoms with Crippen LogP contribution in [-0.2, 0) is 4.79 Å². The number of carbonyl (C=O) groups is 1. The van der Waals surface area contributed by atoms with Gasteiger partial charge in [0.05, 0.1) is 6.10 Å². The molecular weight excluding hydrogens is 221 g/mol. The van der Waals surface area contributed by atoms with Gasteiger partial charge in [0.2, 0.25) is 5.91 Å². The lowest BCUT2D eigenvalue weighted by Gasteiger charge is -2.11. The molecule has 1 aliphatic heterocycles. The number of hydrogen-bond acceptors (Lipinski definition) is 2. The number of aliphatic hydroxyl groups is 1. The maximum atomic E-state index is 13.0. The quantitative estimate of drug-likeness (QED) is 0.811. The third kappa shape index (κ3) is 3.03. The van der Waals surface area contributed by atoms with Crippen molar-refractivity contribution in [1.29, 1.82) is 0 Å². The molecule has 1 heterocycles. The number of nitrogens with zero attached hydrogens (tertiary/aromatic N) is 1. The molecule has 92 valence electrons. The van der Waals surface area contributed by atoms with Crippen LogP contribution in [-0.4, -0.2) is 29.0 Å². The summed E-state index contributed by atoms with van der Waals surface area (Å²) in [6.07, 6.45) is 0.0380. The van der Waals surface area contributed by atoms with Crippen LogP contribution in [0.2, 0.25) is 0 Å². The number of amides is 1. The molecule has 1 aromatic carbocycles. The molecule has 0 aromatic heterocycles. The number of benzene rings is 1. The van der Waals surface area contributed by atoms with Crippen molar-refractivity contribution in [3.63, 3.8) is 0 Å². The number of halogens is 1. The molecule has 1 atom stereocenters. The van der Waals surface area contributed by atoms with Crippen molar-refractivity contribution in [2.45, 2.75) is 25.9 Å². The van der Waals surface area contributed by atoms with Gasteiger partial charge in [-0.25, -0.2) is 4.39 Å². The summed E-state index contributed by atoms with van der Waals surface area (Å²) in [6.45, 7) is 3.34. The Morgan fingerprint density at radius 2 is 2.24 bits per heavy atom. The van der Waals surface area contributed by atoms with Gasteiger partial charge in [0.25, 0.3) is 0 Å². The summed E-state index contributed by atoms with van der Waals surface area (Å²) < 4.78 is 13.0. The predicted molar refractivity (Wildman–Crippen MR) is 61.9 cm³/mol. The van der Waals surface area contributed by atoms with Gasteiger partial charge >= 0.3 is 0 Å². The second kappa shape index (κ2) is 4.84.